The average molecular weight is 806 g/mol. The van der Waals surface area contributed by atoms with E-state index >= 15 is 0 Å². The van der Waals surface area contributed by atoms with Gasteiger partial charge in [-0.3, -0.25) is 0 Å². The first kappa shape index (κ1) is 35.3. The summed E-state index contributed by atoms with van der Waals surface area (Å²) >= 11 is 0. The number of rotatable bonds is 6. The summed E-state index contributed by atoms with van der Waals surface area (Å²) in [4.78, 5) is 5.31. The van der Waals surface area contributed by atoms with Crippen LogP contribution < -0.4 is 0 Å². The summed E-state index contributed by atoms with van der Waals surface area (Å²) in [5.41, 5.74) is 18.1. The molecule has 0 saturated heterocycles. The van der Waals surface area contributed by atoms with Crippen LogP contribution in [-0.2, 0) is 0 Å². The molecule has 0 unspecified atom stereocenters. The van der Waals surface area contributed by atoms with Gasteiger partial charge in [0.25, 0.3) is 0 Å². The minimum atomic E-state index is 0.876. The first-order valence-corrected chi connectivity index (χ1v) is 21.2. The van der Waals surface area contributed by atoms with Gasteiger partial charge in [0.1, 0.15) is 33.5 Å². The van der Waals surface area contributed by atoms with Crippen molar-refractivity contribution in [2.75, 3.05) is 0 Å². The first-order chi connectivity index (χ1) is 31.1. The molecule has 0 aliphatic heterocycles. The maximum absolute atomic E-state index is 6.25. The number of fused-ring (bicyclic) bond motifs is 9. The number of furan rings is 3. The van der Waals surface area contributed by atoms with Crippen LogP contribution >= 0.6 is 0 Å². The molecule has 4 heterocycles. The molecule has 0 fully saturated rings. The molecule has 294 valence electrons. The lowest BCUT2D eigenvalue weighted by Gasteiger charge is -2.14. The minimum Gasteiger partial charge on any atom is -0.456 e. The lowest BCUT2D eigenvalue weighted by molar-refractivity contribution is 0.668. The second-order valence-corrected chi connectivity index (χ2v) is 16.3. The van der Waals surface area contributed by atoms with Crippen LogP contribution in [0.5, 0.6) is 0 Å². The van der Waals surface area contributed by atoms with E-state index in [1.165, 1.54) is 0 Å². The molecule has 0 saturated carbocycles. The number of pyridine rings is 1. The van der Waals surface area contributed by atoms with Gasteiger partial charge in [-0.05, 0) is 129 Å². The Bertz CT molecular complexity index is 3770. The zero-order valence-corrected chi connectivity index (χ0v) is 33.9. The highest BCUT2D eigenvalue weighted by Gasteiger charge is 2.16. The fraction of sp³-hybridized carbons (Fsp3) is 0. The molecule has 13 aromatic rings. The van der Waals surface area contributed by atoms with Gasteiger partial charge in [-0.2, -0.15) is 0 Å². The Balaban J connectivity index is 0.974. The van der Waals surface area contributed by atoms with E-state index in [1.807, 2.05) is 42.5 Å². The third kappa shape index (κ3) is 6.03. The van der Waals surface area contributed by atoms with Crippen LogP contribution in [0.1, 0.15) is 0 Å². The number of nitrogens with zero attached hydrogens (tertiary/aromatic N) is 1. The van der Waals surface area contributed by atoms with E-state index in [9.17, 15) is 0 Å². The standard InChI is InChI=1S/C59H35NO3/c1-2-10-37(11-3-1)52-34-45(35-53(60-52)38-20-18-36(19-21-38)39-22-25-57-49(31-39)46-12-4-7-15-54(46)61-57)44-29-42(40-23-26-58-50(32-40)47-13-5-8-16-55(47)62-58)28-43(30-44)41-24-27-59-51(33-41)48-14-6-9-17-56(48)63-59/h1-35H. The Labute approximate surface area is 361 Å². The monoisotopic (exact) mass is 805 g/mol. The number of hydrogen-bond acceptors (Lipinski definition) is 4. The number of para-hydroxylation sites is 3. The third-order valence-corrected chi connectivity index (χ3v) is 12.5. The predicted molar refractivity (Wildman–Crippen MR) is 259 cm³/mol. The van der Waals surface area contributed by atoms with E-state index in [2.05, 4.69) is 170 Å². The fourth-order valence-electron chi connectivity index (χ4n) is 9.28. The van der Waals surface area contributed by atoms with Crippen LogP contribution in [-0.4, -0.2) is 4.98 Å². The zero-order valence-electron chi connectivity index (χ0n) is 33.9. The summed E-state index contributed by atoms with van der Waals surface area (Å²) in [7, 11) is 0. The lowest BCUT2D eigenvalue weighted by atomic mass is 9.91. The molecule has 0 aliphatic rings. The SMILES string of the molecule is c1ccc(-c2cc(-c3cc(-c4ccc5oc6ccccc6c5c4)cc(-c4ccc5oc6ccccc6c5c4)c3)cc(-c3ccc(-c4ccc5oc6ccccc6c5c4)cc3)n2)cc1. The van der Waals surface area contributed by atoms with E-state index in [0.717, 1.165) is 133 Å². The quantitative estimate of drug-likeness (QED) is 0.168. The summed E-state index contributed by atoms with van der Waals surface area (Å²) in [6.45, 7) is 0. The Kier molecular flexibility index (Phi) is 7.87. The normalized spacial score (nSPS) is 11.8. The molecule has 9 aromatic carbocycles. The molecular formula is C59H35NO3. The molecule has 4 aromatic heterocycles. The maximum Gasteiger partial charge on any atom is 0.135 e. The molecule has 4 nitrogen and oxygen atoms in total. The summed E-state index contributed by atoms with van der Waals surface area (Å²) < 4.78 is 18.6. The molecule has 0 atom stereocenters. The van der Waals surface area contributed by atoms with Crippen LogP contribution in [0.3, 0.4) is 0 Å². The van der Waals surface area contributed by atoms with Gasteiger partial charge >= 0.3 is 0 Å². The van der Waals surface area contributed by atoms with Crippen LogP contribution in [0, 0.1) is 0 Å². The van der Waals surface area contributed by atoms with Crippen molar-refractivity contribution in [1.29, 1.82) is 0 Å². The van der Waals surface area contributed by atoms with E-state index < -0.39 is 0 Å². The molecule has 0 amide bonds. The molecule has 4 heteroatoms. The van der Waals surface area contributed by atoms with E-state index in [-0.39, 0.29) is 0 Å². The zero-order chi connectivity index (χ0) is 41.4. The van der Waals surface area contributed by atoms with Crippen LogP contribution in [0.4, 0.5) is 0 Å². The van der Waals surface area contributed by atoms with Crippen LogP contribution in [0.2, 0.25) is 0 Å². The minimum absolute atomic E-state index is 0.876. The van der Waals surface area contributed by atoms with Crippen molar-refractivity contribution in [1.82, 2.24) is 4.98 Å². The number of aromatic nitrogens is 1. The Morgan fingerprint density at radius 1 is 0.206 bits per heavy atom. The number of benzene rings is 9. The van der Waals surface area contributed by atoms with E-state index in [1.54, 1.807) is 0 Å². The number of hydrogen-bond donors (Lipinski definition) is 0. The molecule has 0 spiro atoms. The highest BCUT2D eigenvalue weighted by Crippen LogP contribution is 2.40. The summed E-state index contributed by atoms with van der Waals surface area (Å²) in [6, 6.07) is 74.8. The molecule has 13 rings (SSSR count). The van der Waals surface area contributed by atoms with Gasteiger partial charge in [0, 0.05) is 43.4 Å². The maximum atomic E-state index is 6.25. The molecule has 0 radical (unpaired) electrons. The highest BCUT2D eigenvalue weighted by atomic mass is 16.3. The third-order valence-electron chi connectivity index (χ3n) is 12.5. The Morgan fingerprint density at radius 3 is 0.984 bits per heavy atom. The van der Waals surface area contributed by atoms with Crippen LogP contribution in [0.15, 0.2) is 226 Å². The summed E-state index contributed by atoms with van der Waals surface area (Å²) in [5.74, 6) is 0. The fourth-order valence-corrected chi connectivity index (χ4v) is 9.28. The van der Waals surface area contributed by atoms with Gasteiger partial charge in [0.15, 0.2) is 0 Å². The van der Waals surface area contributed by atoms with E-state index in [0.29, 0.717) is 0 Å². The van der Waals surface area contributed by atoms with Gasteiger partial charge in [-0.1, -0.05) is 127 Å². The van der Waals surface area contributed by atoms with Crippen molar-refractivity contribution in [3.05, 3.63) is 212 Å². The van der Waals surface area contributed by atoms with Crippen molar-refractivity contribution >= 4 is 65.8 Å². The average Bonchev–Trinajstić information content (AvgIpc) is 4.04. The Hall–Kier alpha value is -8.47. The smallest absolute Gasteiger partial charge is 0.135 e. The van der Waals surface area contributed by atoms with Crippen molar-refractivity contribution in [2.24, 2.45) is 0 Å². The molecular weight excluding hydrogens is 771 g/mol. The molecule has 63 heavy (non-hydrogen) atoms. The van der Waals surface area contributed by atoms with Crippen LogP contribution in [0.25, 0.3) is 133 Å². The highest BCUT2D eigenvalue weighted by molar-refractivity contribution is 6.08. The lowest BCUT2D eigenvalue weighted by Crippen LogP contribution is -1.92. The molecule has 0 N–H and O–H groups in total. The van der Waals surface area contributed by atoms with Gasteiger partial charge in [-0.25, -0.2) is 4.98 Å². The topological polar surface area (TPSA) is 52.3 Å². The largest absolute Gasteiger partial charge is 0.456 e. The van der Waals surface area contributed by atoms with E-state index in [4.69, 9.17) is 18.2 Å². The van der Waals surface area contributed by atoms with Crippen molar-refractivity contribution in [3.8, 4) is 67.0 Å². The molecule has 0 aliphatic carbocycles. The second-order valence-electron chi connectivity index (χ2n) is 16.3. The van der Waals surface area contributed by atoms with Gasteiger partial charge < -0.3 is 13.3 Å². The predicted octanol–water partition coefficient (Wildman–Crippen LogP) is 16.8. The second kappa shape index (κ2) is 14.1. The van der Waals surface area contributed by atoms with Gasteiger partial charge in [0.05, 0.1) is 11.4 Å². The van der Waals surface area contributed by atoms with Crippen molar-refractivity contribution in [2.45, 2.75) is 0 Å². The molecule has 0 bridgehead atoms. The summed E-state index contributed by atoms with van der Waals surface area (Å²) in [5, 5.41) is 6.65. The summed E-state index contributed by atoms with van der Waals surface area (Å²) in [6.07, 6.45) is 0. The Morgan fingerprint density at radius 2 is 0.524 bits per heavy atom. The van der Waals surface area contributed by atoms with Crippen molar-refractivity contribution in [3.63, 3.8) is 0 Å². The van der Waals surface area contributed by atoms with Gasteiger partial charge in [-0.15, -0.1) is 0 Å². The van der Waals surface area contributed by atoms with Crippen molar-refractivity contribution < 1.29 is 13.3 Å². The van der Waals surface area contributed by atoms with Gasteiger partial charge in [0.2, 0.25) is 0 Å². The first-order valence-electron chi connectivity index (χ1n) is 21.2.